The summed E-state index contributed by atoms with van der Waals surface area (Å²) in [5.74, 6) is 0. The highest BCUT2D eigenvalue weighted by atomic mass is 32.2. The molecule has 1 fully saturated rings. The minimum atomic E-state index is -3.51. The van der Waals surface area contributed by atoms with Gasteiger partial charge in [-0.3, -0.25) is 0 Å². The van der Waals surface area contributed by atoms with E-state index in [1.165, 1.54) is 28.6 Å². The van der Waals surface area contributed by atoms with Crippen LogP contribution < -0.4 is 0 Å². The van der Waals surface area contributed by atoms with Crippen LogP contribution in [0.4, 0.5) is 0 Å². The number of sulfone groups is 1. The summed E-state index contributed by atoms with van der Waals surface area (Å²) in [5, 5.41) is 0. The second-order valence-electron chi connectivity index (χ2n) is 4.85. The highest BCUT2D eigenvalue weighted by Gasteiger charge is 2.32. The van der Waals surface area contributed by atoms with Gasteiger partial charge in [-0.15, -0.1) is 0 Å². The van der Waals surface area contributed by atoms with Crippen molar-refractivity contribution in [3.63, 3.8) is 0 Å². The third kappa shape index (κ3) is 2.82. The van der Waals surface area contributed by atoms with Crippen molar-refractivity contribution < 1.29 is 16.8 Å². The maximum absolute atomic E-state index is 12.4. The standard InChI is InChI=1S/C12H17NO4S2/c1-10-4-3-9-13(10)19(16,17)12-7-5-11(6-8-12)18(2,14)15/h5-8,10H,3-4,9H2,1-2H3. The van der Waals surface area contributed by atoms with Gasteiger partial charge in [-0.25, -0.2) is 16.8 Å². The van der Waals surface area contributed by atoms with E-state index < -0.39 is 19.9 Å². The van der Waals surface area contributed by atoms with Gasteiger partial charge >= 0.3 is 0 Å². The van der Waals surface area contributed by atoms with Crippen molar-refractivity contribution in [2.24, 2.45) is 0 Å². The summed E-state index contributed by atoms with van der Waals surface area (Å²) in [6.07, 6.45) is 2.82. The van der Waals surface area contributed by atoms with Crippen LogP contribution >= 0.6 is 0 Å². The van der Waals surface area contributed by atoms with E-state index in [0.29, 0.717) is 6.54 Å². The number of hydrogen-bond donors (Lipinski definition) is 0. The molecule has 5 nitrogen and oxygen atoms in total. The van der Waals surface area contributed by atoms with Crippen LogP contribution in [-0.4, -0.2) is 40.0 Å². The zero-order valence-corrected chi connectivity index (χ0v) is 12.5. The summed E-state index contributed by atoms with van der Waals surface area (Å²) in [7, 11) is -6.81. The summed E-state index contributed by atoms with van der Waals surface area (Å²) >= 11 is 0. The van der Waals surface area contributed by atoms with Crippen LogP contribution in [0.25, 0.3) is 0 Å². The normalized spacial score (nSPS) is 21.7. The zero-order chi connectivity index (χ0) is 14.3. The van der Waals surface area contributed by atoms with Crippen molar-refractivity contribution in [3.05, 3.63) is 24.3 Å². The molecule has 0 aliphatic carbocycles. The first-order valence-electron chi connectivity index (χ1n) is 6.05. The fourth-order valence-electron chi connectivity index (χ4n) is 2.26. The van der Waals surface area contributed by atoms with Crippen molar-refractivity contribution in [3.8, 4) is 0 Å². The number of benzene rings is 1. The Morgan fingerprint density at radius 1 is 1.05 bits per heavy atom. The Morgan fingerprint density at radius 3 is 2.00 bits per heavy atom. The van der Waals surface area contributed by atoms with Crippen LogP contribution in [0.5, 0.6) is 0 Å². The molecule has 0 saturated carbocycles. The monoisotopic (exact) mass is 303 g/mol. The number of hydrogen-bond acceptors (Lipinski definition) is 4. The quantitative estimate of drug-likeness (QED) is 0.843. The molecule has 0 radical (unpaired) electrons. The van der Waals surface area contributed by atoms with Crippen LogP contribution in [0.15, 0.2) is 34.1 Å². The van der Waals surface area contributed by atoms with E-state index in [-0.39, 0.29) is 15.8 Å². The predicted molar refractivity (Wildman–Crippen MR) is 72.1 cm³/mol. The molecule has 1 aromatic carbocycles. The first kappa shape index (κ1) is 14.5. The number of nitrogens with zero attached hydrogens (tertiary/aromatic N) is 1. The van der Waals surface area contributed by atoms with Crippen LogP contribution in [-0.2, 0) is 19.9 Å². The van der Waals surface area contributed by atoms with E-state index in [9.17, 15) is 16.8 Å². The van der Waals surface area contributed by atoms with Gasteiger partial charge in [-0.2, -0.15) is 4.31 Å². The van der Waals surface area contributed by atoms with Crippen LogP contribution in [0.2, 0.25) is 0 Å². The zero-order valence-electron chi connectivity index (χ0n) is 10.9. The third-order valence-corrected chi connectivity index (χ3v) is 6.51. The van der Waals surface area contributed by atoms with E-state index in [2.05, 4.69) is 0 Å². The van der Waals surface area contributed by atoms with Gasteiger partial charge in [-0.1, -0.05) is 0 Å². The van der Waals surface area contributed by atoms with E-state index in [4.69, 9.17) is 0 Å². The predicted octanol–water partition coefficient (Wildman–Crippen LogP) is 1.26. The molecule has 19 heavy (non-hydrogen) atoms. The molecule has 0 aromatic heterocycles. The van der Waals surface area contributed by atoms with E-state index in [0.717, 1.165) is 19.1 Å². The molecule has 1 atom stereocenters. The Morgan fingerprint density at radius 2 is 1.58 bits per heavy atom. The maximum atomic E-state index is 12.4. The van der Waals surface area contributed by atoms with Gasteiger partial charge in [0, 0.05) is 18.8 Å². The lowest BCUT2D eigenvalue weighted by Crippen LogP contribution is -2.33. The highest BCUT2D eigenvalue weighted by Crippen LogP contribution is 2.26. The fraction of sp³-hybridized carbons (Fsp3) is 0.500. The maximum Gasteiger partial charge on any atom is 0.243 e. The van der Waals surface area contributed by atoms with E-state index in [1.54, 1.807) is 0 Å². The smallest absolute Gasteiger partial charge is 0.224 e. The number of sulfonamides is 1. The van der Waals surface area contributed by atoms with Gasteiger partial charge in [0.15, 0.2) is 9.84 Å². The van der Waals surface area contributed by atoms with Gasteiger partial charge in [0.1, 0.15) is 0 Å². The van der Waals surface area contributed by atoms with Crippen LogP contribution in [0, 0.1) is 0 Å². The Hall–Kier alpha value is -0.920. The second kappa shape index (κ2) is 4.88. The lowest BCUT2D eigenvalue weighted by Gasteiger charge is -2.20. The summed E-state index contributed by atoms with van der Waals surface area (Å²) in [6.45, 7) is 2.41. The molecule has 0 amide bonds. The summed E-state index contributed by atoms with van der Waals surface area (Å²) in [5.41, 5.74) is 0. The van der Waals surface area contributed by atoms with Crippen LogP contribution in [0.3, 0.4) is 0 Å². The van der Waals surface area contributed by atoms with Crippen molar-refractivity contribution in [1.29, 1.82) is 0 Å². The Labute approximate surface area is 114 Å². The molecular formula is C12H17NO4S2. The van der Waals surface area contributed by atoms with Gasteiger partial charge in [0.2, 0.25) is 10.0 Å². The molecular weight excluding hydrogens is 286 g/mol. The van der Waals surface area contributed by atoms with Crippen molar-refractivity contribution in [2.75, 3.05) is 12.8 Å². The van der Waals surface area contributed by atoms with Gasteiger partial charge < -0.3 is 0 Å². The summed E-state index contributed by atoms with van der Waals surface area (Å²) in [6, 6.07) is 5.39. The molecule has 106 valence electrons. The molecule has 0 N–H and O–H groups in total. The van der Waals surface area contributed by atoms with Crippen molar-refractivity contribution in [2.45, 2.75) is 35.6 Å². The molecule has 1 aliphatic rings. The van der Waals surface area contributed by atoms with E-state index in [1.807, 2.05) is 6.92 Å². The van der Waals surface area contributed by atoms with E-state index >= 15 is 0 Å². The average Bonchev–Trinajstić information content (AvgIpc) is 2.75. The summed E-state index contributed by atoms with van der Waals surface area (Å²) in [4.78, 5) is 0.273. The van der Waals surface area contributed by atoms with Crippen molar-refractivity contribution in [1.82, 2.24) is 4.31 Å². The molecule has 1 aromatic rings. The third-order valence-electron chi connectivity index (χ3n) is 3.35. The molecule has 2 rings (SSSR count). The largest absolute Gasteiger partial charge is 0.243 e. The average molecular weight is 303 g/mol. The highest BCUT2D eigenvalue weighted by molar-refractivity contribution is 7.90. The molecule has 1 unspecified atom stereocenters. The molecule has 7 heteroatoms. The number of rotatable bonds is 3. The molecule has 1 heterocycles. The Bertz CT molecular complexity index is 662. The SMILES string of the molecule is CC1CCCN1S(=O)(=O)c1ccc(S(C)(=O)=O)cc1. The Kier molecular flexibility index (Phi) is 3.72. The summed E-state index contributed by atoms with van der Waals surface area (Å²) < 4.78 is 48.9. The van der Waals surface area contributed by atoms with Crippen LogP contribution in [0.1, 0.15) is 19.8 Å². The lowest BCUT2D eigenvalue weighted by molar-refractivity contribution is 0.408. The lowest BCUT2D eigenvalue weighted by atomic mass is 10.3. The minimum Gasteiger partial charge on any atom is -0.224 e. The molecule has 0 spiro atoms. The topological polar surface area (TPSA) is 71.5 Å². The van der Waals surface area contributed by atoms with Gasteiger partial charge in [0.25, 0.3) is 0 Å². The second-order valence-corrected chi connectivity index (χ2v) is 8.76. The fourth-order valence-corrected chi connectivity index (χ4v) is 4.59. The van der Waals surface area contributed by atoms with Crippen molar-refractivity contribution >= 4 is 19.9 Å². The first-order chi connectivity index (χ1) is 8.73. The van der Waals surface area contributed by atoms with Gasteiger partial charge in [0.05, 0.1) is 9.79 Å². The molecule has 1 aliphatic heterocycles. The molecule has 1 saturated heterocycles. The molecule has 0 bridgehead atoms. The first-order valence-corrected chi connectivity index (χ1v) is 9.38. The minimum absolute atomic E-state index is 0.000385. The Balaban J connectivity index is 2.37. The van der Waals surface area contributed by atoms with Gasteiger partial charge in [-0.05, 0) is 44.0 Å².